The molecule has 5 aromatic carbocycles. The van der Waals surface area contributed by atoms with Crippen molar-refractivity contribution in [3.8, 4) is 11.4 Å². The topological polar surface area (TPSA) is 35.6 Å². The number of fused-ring (bicyclic) bond motifs is 7. The number of nitrogens with zero attached hydrogens (tertiary/aromatic N) is 4. The third-order valence-corrected chi connectivity index (χ3v) is 9.18. The second-order valence-corrected chi connectivity index (χ2v) is 11.1. The zero-order valence-electron chi connectivity index (χ0n) is 19.2. The number of hydrogen-bond acceptors (Lipinski definition) is 3. The SMILES string of the molecule is Brc1c(-n2c3ccccc3c3ccccc32)c(-n2c3ccccc3c3ccccc32)c(Br)c2nsnc12. The molecule has 0 saturated carbocycles. The zero-order chi connectivity index (χ0) is 24.7. The molecule has 37 heavy (non-hydrogen) atoms. The van der Waals surface area contributed by atoms with Crippen LogP contribution >= 0.6 is 43.6 Å². The van der Waals surface area contributed by atoms with Crippen LogP contribution in [0, 0.1) is 0 Å². The molecule has 0 atom stereocenters. The van der Waals surface area contributed by atoms with Gasteiger partial charge in [-0.05, 0) is 56.1 Å². The summed E-state index contributed by atoms with van der Waals surface area (Å²) >= 11 is 9.23. The second-order valence-electron chi connectivity index (χ2n) is 9.03. The molecular formula is C30H16Br2N4S. The van der Waals surface area contributed by atoms with Crippen molar-refractivity contribution in [2.75, 3.05) is 0 Å². The highest BCUT2D eigenvalue weighted by atomic mass is 79.9. The highest BCUT2D eigenvalue weighted by Gasteiger charge is 2.27. The van der Waals surface area contributed by atoms with E-state index in [0.29, 0.717) is 0 Å². The lowest BCUT2D eigenvalue weighted by molar-refractivity contribution is 1.08. The fourth-order valence-electron chi connectivity index (χ4n) is 5.64. The molecule has 4 nitrogen and oxygen atoms in total. The fourth-order valence-corrected chi connectivity index (χ4v) is 7.72. The van der Waals surface area contributed by atoms with Crippen LogP contribution in [0.2, 0.25) is 0 Å². The van der Waals surface area contributed by atoms with Crippen molar-refractivity contribution in [3.05, 3.63) is 106 Å². The summed E-state index contributed by atoms with van der Waals surface area (Å²) in [5, 5.41) is 4.85. The molecule has 0 spiro atoms. The van der Waals surface area contributed by atoms with Crippen LogP contribution in [0.5, 0.6) is 0 Å². The highest BCUT2D eigenvalue weighted by Crippen LogP contribution is 2.46. The smallest absolute Gasteiger partial charge is 0.122 e. The van der Waals surface area contributed by atoms with Crippen LogP contribution in [0.4, 0.5) is 0 Å². The van der Waals surface area contributed by atoms with Gasteiger partial charge in [0.15, 0.2) is 0 Å². The number of halogens is 2. The molecule has 0 aliphatic heterocycles. The summed E-state index contributed by atoms with van der Waals surface area (Å²) in [7, 11) is 0. The van der Waals surface area contributed by atoms with E-state index in [9.17, 15) is 0 Å². The van der Waals surface area contributed by atoms with E-state index >= 15 is 0 Å². The Kier molecular flexibility index (Phi) is 4.65. The molecule has 0 aliphatic carbocycles. The molecule has 8 aromatic rings. The Bertz CT molecular complexity index is 1930. The van der Waals surface area contributed by atoms with Gasteiger partial charge >= 0.3 is 0 Å². The zero-order valence-corrected chi connectivity index (χ0v) is 23.2. The van der Waals surface area contributed by atoms with Gasteiger partial charge in [0, 0.05) is 21.5 Å². The highest BCUT2D eigenvalue weighted by molar-refractivity contribution is 9.11. The monoisotopic (exact) mass is 622 g/mol. The van der Waals surface area contributed by atoms with Crippen molar-refractivity contribution >= 4 is 98.2 Å². The van der Waals surface area contributed by atoms with E-state index in [1.165, 1.54) is 33.3 Å². The Morgan fingerprint density at radius 2 is 0.757 bits per heavy atom. The minimum Gasteiger partial charge on any atom is -0.306 e. The Morgan fingerprint density at radius 3 is 1.08 bits per heavy atom. The van der Waals surface area contributed by atoms with E-state index in [-0.39, 0.29) is 0 Å². The van der Waals surface area contributed by atoms with Crippen LogP contribution in [0.15, 0.2) is 106 Å². The van der Waals surface area contributed by atoms with E-state index in [1.807, 2.05) is 0 Å². The van der Waals surface area contributed by atoms with Crippen molar-refractivity contribution in [3.63, 3.8) is 0 Å². The maximum absolute atomic E-state index is 4.69. The Hall–Kier alpha value is -3.52. The van der Waals surface area contributed by atoms with E-state index in [4.69, 9.17) is 0 Å². The minimum atomic E-state index is 0.846. The van der Waals surface area contributed by atoms with Crippen molar-refractivity contribution in [2.24, 2.45) is 0 Å². The first-order valence-electron chi connectivity index (χ1n) is 11.8. The molecule has 7 heteroatoms. The molecule has 3 heterocycles. The number of para-hydroxylation sites is 4. The van der Waals surface area contributed by atoms with Crippen LogP contribution in [-0.4, -0.2) is 17.9 Å². The van der Waals surface area contributed by atoms with Crippen molar-refractivity contribution in [2.45, 2.75) is 0 Å². The van der Waals surface area contributed by atoms with Gasteiger partial charge in [-0.1, -0.05) is 72.8 Å². The van der Waals surface area contributed by atoms with Gasteiger partial charge in [0.2, 0.25) is 0 Å². The summed E-state index contributed by atoms with van der Waals surface area (Å²) in [5.74, 6) is 0. The van der Waals surface area contributed by atoms with Gasteiger partial charge in [-0.15, -0.1) is 0 Å². The summed E-state index contributed by atoms with van der Waals surface area (Å²) in [4.78, 5) is 0. The molecule has 0 unspecified atom stereocenters. The largest absolute Gasteiger partial charge is 0.306 e. The molecule has 0 saturated heterocycles. The van der Waals surface area contributed by atoms with Crippen molar-refractivity contribution in [1.82, 2.24) is 17.9 Å². The van der Waals surface area contributed by atoms with Gasteiger partial charge in [0.1, 0.15) is 11.0 Å². The average Bonchev–Trinajstić information content (AvgIpc) is 3.65. The molecule has 0 amide bonds. The molecular weight excluding hydrogens is 608 g/mol. The molecule has 8 rings (SSSR count). The lowest BCUT2D eigenvalue weighted by Gasteiger charge is -2.20. The van der Waals surface area contributed by atoms with Gasteiger partial charge in [-0.3, -0.25) is 0 Å². The Labute approximate surface area is 232 Å². The van der Waals surface area contributed by atoms with E-state index < -0.39 is 0 Å². The van der Waals surface area contributed by atoms with E-state index in [1.54, 1.807) is 0 Å². The van der Waals surface area contributed by atoms with Gasteiger partial charge < -0.3 is 9.13 Å². The van der Waals surface area contributed by atoms with Crippen molar-refractivity contribution < 1.29 is 0 Å². The van der Waals surface area contributed by atoms with Gasteiger partial charge in [0.25, 0.3) is 0 Å². The predicted molar refractivity (Wildman–Crippen MR) is 161 cm³/mol. The molecule has 176 valence electrons. The van der Waals surface area contributed by atoms with Crippen LogP contribution in [0.25, 0.3) is 66.0 Å². The van der Waals surface area contributed by atoms with Gasteiger partial charge in [-0.25, -0.2) is 0 Å². The van der Waals surface area contributed by atoms with Crippen LogP contribution in [0.3, 0.4) is 0 Å². The van der Waals surface area contributed by atoms with Crippen LogP contribution in [-0.2, 0) is 0 Å². The summed E-state index contributed by atoms with van der Waals surface area (Å²) in [5.41, 5.74) is 8.30. The van der Waals surface area contributed by atoms with Gasteiger partial charge in [0.05, 0.1) is 54.1 Å². The molecule has 0 radical (unpaired) electrons. The number of rotatable bonds is 2. The Balaban J connectivity index is 1.66. The van der Waals surface area contributed by atoms with Gasteiger partial charge in [-0.2, -0.15) is 8.75 Å². The number of benzene rings is 5. The third-order valence-electron chi connectivity index (χ3n) is 7.15. The molecule has 0 N–H and O–H groups in total. The lowest BCUT2D eigenvalue weighted by Crippen LogP contribution is -2.06. The summed E-state index contributed by atoms with van der Waals surface area (Å²) in [6, 6.07) is 34.4. The summed E-state index contributed by atoms with van der Waals surface area (Å²) < 4.78 is 15.9. The Morgan fingerprint density at radius 1 is 0.459 bits per heavy atom. The molecule has 0 bridgehead atoms. The standard InChI is InChI=1S/C30H16Br2N4S/c31-25-27-28(34-37-33-27)26(32)30(36-23-15-7-3-11-19(23)20-12-4-8-16-24(20)36)29(25)35-21-13-5-1-9-17(21)18-10-2-6-14-22(18)35/h1-16H. The van der Waals surface area contributed by atoms with Crippen molar-refractivity contribution in [1.29, 1.82) is 0 Å². The first-order chi connectivity index (χ1) is 18.2. The van der Waals surface area contributed by atoms with Crippen LogP contribution < -0.4 is 0 Å². The lowest BCUT2D eigenvalue weighted by atomic mass is 10.2. The molecule has 0 fully saturated rings. The number of hydrogen-bond donors (Lipinski definition) is 0. The summed E-state index contributed by atoms with van der Waals surface area (Å²) in [6.07, 6.45) is 0. The maximum Gasteiger partial charge on any atom is 0.122 e. The average molecular weight is 624 g/mol. The first-order valence-corrected chi connectivity index (χ1v) is 14.2. The number of aromatic nitrogens is 4. The van der Waals surface area contributed by atoms with Crippen LogP contribution in [0.1, 0.15) is 0 Å². The normalized spacial score (nSPS) is 12.1. The maximum atomic E-state index is 4.69. The molecule has 3 aromatic heterocycles. The molecule has 0 aliphatic rings. The van der Waals surface area contributed by atoms with E-state index in [2.05, 4.69) is 147 Å². The first kappa shape index (κ1) is 21.6. The fraction of sp³-hybridized carbons (Fsp3) is 0. The van der Waals surface area contributed by atoms with E-state index in [0.717, 1.165) is 53.4 Å². The second kappa shape index (κ2) is 7.99. The minimum absolute atomic E-state index is 0.846. The predicted octanol–water partition coefficient (Wildman–Crippen LogP) is 9.41. The quantitative estimate of drug-likeness (QED) is 0.192. The third kappa shape index (κ3) is 2.87. The summed E-state index contributed by atoms with van der Waals surface area (Å²) in [6.45, 7) is 0.